The topological polar surface area (TPSA) is 173 Å². The minimum atomic E-state index is -0.783. The van der Waals surface area contributed by atoms with Crippen LogP contribution in [0.25, 0.3) is 11.0 Å². The molecule has 140 valence electrons. The van der Waals surface area contributed by atoms with E-state index >= 15 is 0 Å². The zero-order chi connectivity index (χ0) is 20.3. The van der Waals surface area contributed by atoms with E-state index < -0.39 is 26.8 Å². The zero-order valence-corrected chi connectivity index (χ0v) is 13.9. The highest BCUT2D eigenvalue weighted by atomic mass is 16.6. The third kappa shape index (κ3) is 3.70. The number of rotatable bonds is 6. The number of pyridine rings is 2. The Morgan fingerprint density at radius 2 is 1.89 bits per heavy atom. The lowest BCUT2D eigenvalue weighted by molar-refractivity contribution is -0.393. The van der Waals surface area contributed by atoms with Crippen LogP contribution in [0.15, 0.2) is 46.3 Å². The summed E-state index contributed by atoms with van der Waals surface area (Å²) in [5.41, 5.74) is 1.63. The number of hydrogen-bond acceptors (Lipinski definition) is 9. The monoisotopic (exact) mass is 382 g/mol. The number of carbonyl (C=O) groups is 1. The molecule has 0 spiro atoms. The summed E-state index contributed by atoms with van der Waals surface area (Å²) in [4.78, 5) is 49.6. The Morgan fingerprint density at radius 3 is 2.57 bits per heavy atom. The van der Waals surface area contributed by atoms with E-state index in [-0.39, 0.29) is 22.6 Å². The fourth-order valence-corrected chi connectivity index (χ4v) is 2.39. The molecule has 2 N–H and O–H groups in total. The molecule has 2 heterocycles. The van der Waals surface area contributed by atoms with Gasteiger partial charge in [-0.15, -0.1) is 0 Å². The highest BCUT2D eigenvalue weighted by molar-refractivity contribution is 5.97. The second-order valence-corrected chi connectivity index (χ2v) is 5.42. The molecule has 0 aliphatic heterocycles. The quantitative estimate of drug-likeness (QED) is 0.282. The molecule has 2 aromatic heterocycles. The minimum absolute atomic E-state index is 0.0725. The average Bonchev–Trinajstić information content (AvgIpc) is 2.66. The third-order valence-corrected chi connectivity index (χ3v) is 3.65. The molecule has 12 heteroatoms. The van der Waals surface area contributed by atoms with Crippen LogP contribution in [-0.4, -0.2) is 32.3 Å². The molecule has 0 amide bonds. The van der Waals surface area contributed by atoms with E-state index in [0.717, 1.165) is 18.2 Å². The van der Waals surface area contributed by atoms with Gasteiger partial charge in [0.2, 0.25) is 5.56 Å². The van der Waals surface area contributed by atoms with Crippen molar-refractivity contribution in [1.29, 1.82) is 0 Å². The van der Waals surface area contributed by atoms with Gasteiger partial charge in [0.05, 0.1) is 27.8 Å². The van der Waals surface area contributed by atoms with Gasteiger partial charge in [0, 0.05) is 23.1 Å². The summed E-state index contributed by atoms with van der Waals surface area (Å²) < 4.78 is 0. The number of nitro groups is 2. The second-order valence-electron chi connectivity index (χ2n) is 5.42. The number of carbonyl (C=O) groups excluding carboxylic acids is 1. The Labute approximate surface area is 154 Å². The van der Waals surface area contributed by atoms with Gasteiger partial charge in [-0.05, 0) is 18.2 Å². The molecular formula is C16H10N6O6. The van der Waals surface area contributed by atoms with Crippen LogP contribution < -0.4 is 11.0 Å². The lowest BCUT2D eigenvalue weighted by atomic mass is 10.1. The number of non-ortho nitro benzene ring substituents is 1. The number of hydrazone groups is 1. The van der Waals surface area contributed by atoms with Crippen LogP contribution in [0.5, 0.6) is 0 Å². The Hall–Kier alpha value is -4.48. The van der Waals surface area contributed by atoms with E-state index in [1.165, 1.54) is 24.4 Å². The smallest absolute Gasteiger partial charge is 0.301 e. The first-order chi connectivity index (χ1) is 13.4. The SMILES string of the molecule is O=Cc1cc(C=NNc2ccc([N+](=O)[O-])cc2[N+](=O)[O-])nc2[nH]c(=O)ccc12. The summed E-state index contributed by atoms with van der Waals surface area (Å²) in [6.07, 6.45) is 1.77. The van der Waals surface area contributed by atoms with E-state index in [2.05, 4.69) is 20.5 Å². The van der Waals surface area contributed by atoms with E-state index in [4.69, 9.17) is 0 Å². The molecule has 0 saturated carbocycles. The number of aromatic nitrogens is 2. The van der Waals surface area contributed by atoms with Crippen LogP contribution in [0, 0.1) is 20.2 Å². The number of aldehydes is 1. The van der Waals surface area contributed by atoms with E-state index in [0.29, 0.717) is 11.7 Å². The lowest BCUT2D eigenvalue weighted by Crippen LogP contribution is -2.06. The molecule has 0 fully saturated rings. The molecule has 0 saturated heterocycles. The Balaban J connectivity index is 1.93. The molecule has 0 atom stereocenters. The van der Waals surface area contributed by atoms with Gasteiger partial charge in [0.25, 0.3) is 5.69 Å². The molecule has 3 rings (SSSR count). The van der Waals surface area contributed by atoms with Crippen molar-refractivity contribution in [3.63, 3.8) is 0 Å². The van der Waals surface area contributed by atoms with Crippen LogP contribution in [0.4, 0.5) is 17.1 Å². The predicted octanol–water partition coefficient (Wildman–Crippen LogP) is 2.00. The van der Waals surface area contributed by atoms with Crippen molar-refractivity contribution in [3.8, 4) is 0 Å². The number of benzene rings is 1. The lowest BCUT2D eigenvalue weighted by Gasteiger charge is -2.03. The number of fused-ring (bicyclic) bond motifs is 1. The summed E-state index contributed by atoms with van der Waals surface area (Å²) in [5, 5.41) is 26.1. The number of nitro benzene ring substituents is 2. The van der Waals surface area contributed by atoms with Gasteiger partial charge >= 0.3 is 5.69 Å². The van der Waals surface area contributed by atoms with Crippen LogP contribution in [-0.2, 0) is 0 Å². The minimum Gasteiger partial charge on any atom is -0.307 e. The normalized spacial score (nSPS) is 10.9. The molecule has 0 aliphatic carbocycles. The highest BCUT2D eigenvalue weighted by Crippen LogP contribution is 2.28. The fourth-order valence-electron chi connectivity index (χ4n) is 2.39. The maximum Gasteiger partial charge on any atom is 0.301 e. The zero-order valence-electron chi connectivity index (χ0n) is 13.9. The van der Waals surface area contributed by atoms with Crippen LogP contribution in [0.3, 0.4) is 0 Å². The summed E-state index contributed by atoms with van der Waals surface area (Å²) in [7, 11) is 0. The summed E-state index contributed by atoms with van der Waals surface area (Å²) in [6.45, 7) is 0. The Bertz CT molecular complexity index is 1200. The third-order valence-electron chi connectivity index (χ3n) is 3.65. The van der Waals surface area contributed by atoms with E-state index in [1.54, 1.807) is 0 Å². The number of anilines is 1. The number of nitrogens with one attached hydrogen (secondary N) is 2. The van der Waals surface area contributed by atoms with Gasteiger partial charge in [-0.2, -0.15) is 5.10 Å². The van der Waals surface area contributed by atoms with Crippen molar-refractivity contribution in [1.82, 2.24) is 9.97 Å². The number of nitrogens with zero attached hydrogens (tertiary/aromatic N) is 4. The van der Waals surface area contributed by atoms with Crippen LogP contribution in [0.2, 0.25) is 0 Å². The van der Waals surface area contributed by atoms with Gasteiger partial charge in [0.15, 0.2) is 6.29 Å². The summed E-state index contributed by atoms with van der Waals surface area (Å²) in [5.74, 6) is 0. The summed E-state index contributed by atoms with van der Waals surface area (Å²) in [6, 6.07) is 7.19. The molecule has 0 radical (unpaired) electrons. The van der Waals surface area contributed by atoms with Crippen molar-refractivity contribution < 1.29 is 14.6 Å². The average molecular weight is 382 g/mol. The van der Waals surface area contributed by atoms with Crippen molar-refractivity contribution in [2.75, 3.05) is 5.43 Å². The number of H-pyrrole nitrogens is 1. The largest absolute Gasteiger partial charge is 0.307 e. The first kappa shape index (κ1) is 18.3. The second kappa shape index (κ2) is 7.41. The summed E-state index contributed by atoms with van der Waals surface area (Å²) >= 11 is 0. The van der Waals surface area contributed by atoms with Crippen molar-refractivity contribution in [2.45, 2.75) is 0 Å². The van der Waals surface area contributed by atoms with Crippen LogP contribution in [0.1, 0.15) is 16.1 Å². The van der Waals surface area contributed by atoms with Gasteiger partial charge in [-0.3, -0.25) is 35.2 Å². The highest BCUT2D eigenvalue weighted by Gasteiger charge is 2.19. The molecule has 0 unspecified atom stereocenters. The van der Waals surface area contributed by atoms with Gasteiger partial charge < -0.3 is 4.98 Å². The molecule has 3 aromatic rings. The predicted molar refractivity (Wildman–Crippen MR) is 98.7 cm³/mol. The van der Waals surface area contributed by atoms with Crippen molar-refractivity contribution >= 4 is 40.6 Å². The molecule has 0 aliphatic rings. The molecular weight excluding hydrogens is 372 g/mol. The molecule has 1 aromatic carbocycles. The Kier molecular flexibility index (Phi) is 4.85. The van der Waals surface area contributed by atoms with E-state index in [1.807, 2.05) is 0 Å². The van der Waals surface area contributed by atoms with E-state index in [9.17, 15) is 29.8 Å². The first-order valence-corrected chi connectivity index (χ1v) is 7.60. The first-order valence-electron chi connectivity index (χ1n) is 7.60. The number of hydrogen-bond donors (Lipinski definition) is 2. The molecule has 12 nitrogen and oxygen atoms in total. The van der Waals surface area contributed by atoms with Gasteiger partial charge in [-0.25, -0.2) is 4.98 Å². The van der Waals surface area contributed by atoms with Crippen LogP contribution >= 0.6 is 0 Å². The Morgan fingerprint density at radius 1 is 1.11 bits per heavy atom. The van der Waals surface area contributed by atoms with Crippen molar-refractivity contribution in [2.24, 2.45) is 5.10 Å². The maximum absolute atomic E-state index is 11.4. The van der Waals surface area contributed by atoms with Gasteiger partial charge in [-0.1, -0.05) is 0 Å². The van der Waals surface area contributed by atoms with Crippen molar-refractivity contribution in [3.05, 3.63) is 78.2 Å². The standard InChI is InChI=1S/C16H10N6O6/c23-8-9-5-10(18-16-12(9)2-4-15(24)19-16)7-17-20-13-3-1-11(21(25)26)6-14(13)22(27)28/h1-8,20H,(H,18,19,24). The number of aromatic amines is 1. The fraction of sp³-hybridized carbons (Fsp3) is 0. The molecule has 28 heavy (non-hydrogen) atoms. The molecule has 0 bridgehead atoms. The van der Waals surface area contributed by atoms with Gasteiger partial charge in [0.1, 0.15) is 11.3 Å². The maximum atomic E-state index is 11.4.